The van der Waals surface area contributed by atoms with Gasteiger partial charge in [-0.25, -0.2) is 9.97 Å². The van der Waals surface area contributed by atoms with E-state index in [4.69, 9.17) is 11.6 Å². The fourth-order valence-corrected chi connectivity index (χ4v) is 1.46. The Kier molecular flexibility index (Phi) is 3.35. The van der Waals surface area contributed by atoms with E-state index in [2.05, 4.69) is 15.3 Å². The molecule has 0 unspecified atom stereocenters. The van der Waals surface area contributed by atoms with Crippen LogP contribution in [-0.4, -0.2) is 22.4 Å². The lowest BCUT2D eigenvalue weighted by atomic mass is 10.2. The summed E-state index contributed by atoms with van der Waals surface area (Å²) in [6.45, 7) is 0.807. The van der Waals surface area contributed by atoms with Gasteiger partial charge in [0.2, 0.25) is 5.95 Å². The Bertz CT molecular complexity index is 445. The highest BCUT2D eigenvalue weighted by Crippen LogP contribution is 2.11. The number of hydrogen-bond donors (Lipinski definition) is 1. The minimum absolute atomic E-state index is 0.653. The first-order valence-electron chi connectivity index (χ1n) is 4.92. The average Bonchev–Trinajstić information content (AvgIpc) is 2.29. The van der Waals surface area contributed by atoms with Gasteiger partial charge in [0.05, 0.1) is 5.52 Å². The minimum atomic E-state index is 0.653. The maximum atomic E-state index is 5.58. The fraction of sp³-hybridized carbons (Fsp3) is 0.273. The zero-order chi connectivity index (χ0) is 10.5. The highest BCUT2D eigenvalue weighted by atomic mass is 35.5. The standard InChI is InChI=1S/C11H12ClN3/c12-6-3-7-13-11-14-8-9-4-1-2-5-10(9)15-11/h1-2,4-5,8H,3,6-7H2,(H,13,14,15). The normalized spacial score (nSPS) is 10.5. The number of fused-ring (bicyclic) bond motifs is 1. The molecule has 3 nitrogen and oxygen atoms in total. The quantitative estimate of drug-likeness (QED) is 0.637. The summed E-state index contributed by atoms with van der Waals surface area (Å²) in [5.41, 5.74) is 0.959. The summed E-state index contributed by atoms with van der Waals surface area (Å²) < 4.78 is 0. The highest BCUT2D eigenvalue weighted by molar-refractivity contribution is 6.17. The molecule has 0 aliphatic heterocycles. The molecule has 78 valence electrons. The molecule has 1 aromatic carbocycles. The van der Waals surface area contributed by atoms with Crippen LogP contribution in [0, 0.1) is 0 Å². The van der Waals surface area contributed by atoms with Crippen molar-refractivity contribution in [3.63, 3.8) is 0 Å². The predicted molar refractivity (Wildman–Crippen MR) is 63.4 cm³/mol. The van der Waals surface area contributed by atoms with Crippen LogP contribution in [0.15, 0.2) is 30.5 Å². The summed E-state index contributed by atoms with van der Waals surface area (Å²) in [5.74, 6) is 1.32. The number of halogens is 1. The van der Waals surface area contributed by atoms with Crippen molar-refractivity contribution in [3.8, 4) is 0 Å². The first-order valence-corrected chi connectivity index (χ1v) is 5.45. The number of nitrogens with one attached hydrogen (secondary N) is 1. The van der Waals surface area contributed by atoms with E-state index in [1.165, 1.54) is 0 Å². The molecule has 0 amide bonds. The predicted octanol–water partition coefficient (Wildman–Crippen LogP) is 2.67. The smallest absolute Gasteiger partial charge is 0.223 e. The molecule has 4 heteroatoms. The molecular weight excluding hydrogens is 210 g/mol. The van der Waals surface area contributed by atoms with Crippen molar-refractivity contribution in [2.24, 2.45) is 0 Å². The summed E-state index contributed by atoms with van der Waals surface area (Å²) in [6.07, 6.45) is 2.74. The number of aromatic nitrogens is 2. The fourth-order valence-electron chi connectivity index (χ4n) is 1.32. The van der Waals surface area contributed by atoms with Gasteiger partial charge in [-0.15, -0.1) is 11.6 Å². The van der Waals surface area contributed by atoms with Gasteiger partial charge >= 0.3 is 0 Å². The average molecular weight is 222 g/mol. The molecule has 0 saturated heterocycles. The van der Waals surface area contributed by atoms with Crippen molar-refractivity contribution in [3.05, 3.63) is 30.5 Å². The van der Waals surface area contributed by atoms with Gasteiger partial charge in [0.1, 0.15) is 0 Å². The van der Waals surface area contributed by atoms with Crippen LogP contribution in [0.3, 0.4) is 0 Å². The van der Waals surface area contributed by atoms with Crippen molar-refractivity contribution >= 4 is 28.5 Å². The molecule has 1 N–H and O–H groups in total. The van der Waals surface area contributed by atoms with Gasteiger partial charge in [0, 0.05) is 24.0 Å². The Morgan fingerprint density at radius 2 is 2.13 bits per heavy atom. The molecule has 0 atom stereocenters. The number of benzene rings is 1. The minimum Gasteiger partial charge on any atom is -0.354 e. The molecule has 0 spiro atoms. The lowest BCUT2D eigenvalue weighted by molar-refractivity contribution is 0.963. The lowest BCUT2D eigenvalue weighted by Crippen LogP contribution is -2.05. The van der Waals surface area contributed by atoms with Crippen LogP contribution in [0.1, 0.15) is 6.42 Å². The van der Waals surface area contributed by atoms with Gasteiger partial charge in [-0.05, 0) is 12.5 Å². The molecule has 1 heterocycles. The van der Waals surface area contributed by atoms with E-state index in [-0.39, 0.29) is 0 Å². The molecule has 2 aromatic rings. The molecule has 0 aliphatic carbocycles. The zero-order valence-electron chi connectivity index (χ0n) is 8.28. The Hall–Kier alpha value is -1.35. The van der Waals surface area contributed by atoms with Crippen molar-refractivity contribution < 1.29 is 0 Å². The van der Waals surface area contributed by atoms with Crippen LogP contribution in [0.2, 0.25) is 0 Å². The van der Waals surface area contributed by atoms with Crippen LogP contribution in [-0.2, 0) is 0 Å². The van der Waals surface area contributed by atoms with Gasteiger partial charge in [-0.2, -0.15) is 0 Å². The van der Waals surface area contributed by atoms with Crippen LogP contribution in [0.4, 0.5) is 5.95 Å². The number of para-hydroxylation sites is 1. The largest absolute Gasteiger partial charge is 0.354 e. The van der Waals surface area contributed by atoms with Crippen LogP contribution >= 0.6 is 11.6 Å². The second-order valence-electron chi connectivity index (χ2n) is 3.22. The van der Waals surface area contributed by atoms with E-state index in [1.54, 1.807) is 0 Å². The summed E-state index contributed by atoms with van der Waals surface area (Å²) in [5, 5.41) is 4.19. The SMILES string of the molecule is ClCCCNc1ncc2ccccc2n1. The van der Waals surface area contributed by atoms with Crippen LogP contribution < -0.4 is 5.32 Å². The Morgan fingerprint density at radius 1 is 1.27 bits per heavy atom. The number of alkyl halides is 1. The number of hydrogen-bond acceptors (Lipinski definition) is 3. The van der Waals surface area contributed by atoms with E-state index >= 15 is 0 Å². The van der Waals surface area contributed by atoms with Crippen LogP contribution in [0.5, 0.6) is 0 Å². The third-order valence-electron chi connectivity index (χ3n) is 2.08. The topological polar surface area (TPSA) is 37.8 Å². The Balaban J connectivity index is 2.16. The molecule has 0 radical (unpaired) electrons. The summed E-state index contributed by atoms with van der Waals surface area (Å²) in [7, 11) is 0. The third-order valence-corrected chi connectivity index (χ3v) is 2.35. The number of anilines is 1. The lowest BCUT2D eigenvalue weighted by Gasteiger charge is -2.03. The molecular formula is C11H12ClN3. The molecule has 1 aromatic heterocycles. The summed E-state index contributed by atoms with van der Waals surface area (Å²) in [6, 6.07) is 7.92. The van der Waals surface area contributed by atoms with Crippen molar-refractivity contribution in [1.82, 2.24) is 9.97 Å². The highest BCUT2D eigenvalue weighted by Gasteiger charge is 1.97. The van der Waals surface area contributed by atoms with E-state index in [9.17, 15) is 0 Å². The Labute approximate surface area is 93.5 Å². The molecule has 2 rings (SSSR count). The van der Waals surface area contributed by atoms with Gasteiger partial charge in [0.15, 0.2) is 0 Å². The molecule has 0 aliphatic rings. The van der Waals surface area contributed by atoms with E-state index in [1.807, 2.05) is 30.5 Å². The second-order valence-corrected chi connectivity index (χ2v) is 3.60. The van der Waals surface area contributed by atoms with E-state index in [0.717, 1.165) is 23.9 Å². The van der Waals surface area contributed by atoms with E-state index < -0.39 is 0 Å². The van der Waals surface area contributed by atoms with Crippen molar-refractivity contribution in [1.29, 1.82) is 0 Å². The monoisotopic (exact) mass is 221 g/mol. The van der Waals surface area contributed by atoms with Crippen molar-refractivity contribution in [2.75, 3.05) is 17.7 Å². The first-order chi connectivity index (χ1) is 7.40. The summed E-state index contributed by atoms with van der Waals surface area (Å²) in [4.78, 5) is 8.60. The van der Waals surface area contributed by atoms with E-state index in [0.29, 0.717) is 11.8 Å². The molecule has 0 saturated carbocycles. The third kappa shape index (κ3) is 2.57. The zero-order valence-corrected chi connectivity index (χ0v) is 9.04. The maximum Gasteiger partial charge on any atom is 0.223 e. The second kappa shape index (κ2) is 4.94. The van der Waals surface area contributed by atoms with Gasteiger partial charge in [-0.1, -0.05) is 18.2 Å². The van der Waals surface area contributed by atoms with Crippen LogP contribution in [0.25, 0.3) is 10.9 Å². The first kappa shape index (κ1) is 10.2. The van der Waals surface area contributed by atoms with Crippen molar-refractivity contribution in [2.45, 2.75) is 6.42 Å². The van der Waals surface area contributed by atoms with Gasteiger partial charge in [-0.3, -0.25) is 0 Å². The Morgan fingerprint density at radius 3 is 3.00 bits per heavy atom. The molecule has 0 bridgehead atoms. The maximum absolute atomic E-state index is 5.58. The van der Waals surface area contributed by atoms with Gasteiger partial charge < -0.3 is 5.32 Å². The molecule has 15 heavy (non-hydrogen) atoms. The number of nitrogens with zero attached hydrogens (tertiary/aromatic N) is 2. The molecule has 0 fully saturated rings. The number of rotatable bonds is 4. The van der Waals surface area contributed by atoms with Gasteiger partial charge in [0.25, 0.3) is 0 Å². The summed E-state index contributed by atoms with van der Waals surface area (Å²) >= 11 is 5.58.